The van der Waals surface area contributed by atoms with Crippen LogP contribution in [0, 0.1) is 0 Å². The summed E-state index contributed by atoms with van der Waals surface area (Å²) in [6.07, 6.45) is 1.83. The molecule has 0 aliphatic rings. The minimum absolute atomic E-state index is 0.0150. The van der Waals surface area contributed by atoms with Crippen molar-refractivity contribution in [2.24, 2.45) is 5.73 Å². The van der Waals surface area contributed by atoms with Gasteiger partial charge < -0.3 is 10.6 Å². The highest BCUT2D eigenvalue weighted by atomic mass is 15.1. The minimum atomic E-state index is 0.0150. The highest BCUT2D eigenvalue weighted by Gasteiger charge is 2.00. The molecule has 0 aromatic carbocycles. The van der Waals surface area contributed by atoms with Crippen LogP contribution in [0.3, 0.4) is 0 Å². The van der Waals surface area contributed by atoms with Crippen molar-refractivity contribution in [1.82, 2.24) is 4.98 Å². The molecule has 1 aromatic heterocycles. The van der Waals surface area contributed by atoms with E-state index in [4.69, 9.17) is 5.73 Å². The van der Waals surface area contributed by atoms with Gasteiger partial charge in [-0.25, -0.2) is 0 Å². The fourth-order valence-corrected chi connectivity index (χ4v) is 0.931. The Morgan fingerprint density at radius 1 is 1.42 bits per heavy atom. The van der Waals surface area contributed by atoms with Crippen molar-refractivity contribution in [3.63, 3.8) is 0 Å². The first-order chi connectivity index (χ1) is 5.61. The largest absolute Gasteiger partial charge is 0.376 e. The maximum atomic E-state index is 5.66. The summed E-state index contributed by atoms with van der Waals surface area (Å²) in [5.41, 5.74) is 7.69. The molecule has 0 fully saturated rings. The molecule has 0 aliphatic carbocycles. The second kappa shape index (κ2) is 3.54. The third-order valence-electron chi connectivity index (χ3n) is 1.75. The van der Waals surface area contributed by atoms with Crippen molar-refractivity contribution in [3.8, 4) is 0 Å². The van der Waals surface area contributed by atoms with Crippen molar-refractivity contribution >= 4 is 5.69 Å². The van der Waals surface area contributed by atoms with Crippen molar-refractivity contribution in [1.29, 1.82) is 0 Å². The molecular weight excluding hydrogens is 150 g/mol. The monoisotopic (exact) mass is 165 g/mol. The zero-order chi connectivity index (χ0) is 9.14. The van der Waals surface area contributed by atoms with E-state index in [1.807, 2.05) is 44.2 Å². The van der Waals surface area contributed by atoms with E-state index in [0.29, 0.717) is 0 Å². The van der Waals surface area contributed by atoms with Crippen molar-refractivity contribution < 1.29 is 0 Å². The van der Waals surface area contributed by atoms with E-state index in [-0.39, 0.29) is 6.04 Å². The fourth-order valence-electron chi connectivity index (χ4n) is 0.931. The Morgan fingerprint density at radius 3 is 2.42 bits per heavy atom. The number of nitrogens with zero attached hydrogens (tertiary/aromatic N) is 2. The quantitative estimate of drug-likeness (QED) is 0.715. The van der Waals surface area contributed by atoms with E-state index in [1.54, 1.807) is 0 Å². The second-order valence-electron chi connectivity index (χ2n) is 3.12. The van der Waals surface area contributed by atoms with Crippen LogP contribution in [0.4, 0.5) is 5.69 Å². The van der Waals surface area contributed by atoms with Crippen molar-refractivity contribution in [2.75, 3.05) is 19.0 Å². The van der Waals surface area contributed by atoms with E-state index >= 15 is 0 Å². The molecule has 2 N–H and O–H groups in total. The first-order valence-corrected chi connectivity index (χ1v) is 4.00. The van der Waals surface area contributed by atoms with Gasteiger partial charge in [0.2, 0.25) is 0 Å². The number of hydrogen-bond donors (Lipinski definition) is 1. The lowest BCUT2D eigenvalue weighted by atomic mass is 10.2. The normalized spacial score (nSPS) is 12.7. The number of rotatable bonds is 2. The molecule has 1 atom stereocenters. The predicted molar refractivity (Wildman–Crippen MR) is 51.2 cm³/mol. The molecule has 0 aliphatic heterocycles. The molecule has 12 heavy (non-hydrogen) atoms. The molecule has 0 unspecified atom stereocenters. The van der Waals surface area contributed by atoms with Gasteiger partial charge in [0.1, 0.15) is 0 Å². The third kappa shape index (κ3) is 1.95. The molecule has 1 heterocycles. The summed E-state index contributed by atoms with van der Waals surface area (Å²) in [5, 5.41) is 0. The van der Waals surface area contributed by atoms with E-state index in [9.17, 15) is 0 Å². The van der Waals surface area contributed by atoms with E-state index < -0.39 is 0 Å². The van der Waals surface area contributed by atoms with Gasteiger partial charge in [0.05, 0.1) is 17.6 Å². The molecule has 0 radical (unpaired) electrons. The van der Waals surface area contributed by atoms with Gasteiger partial charge >= 0.3 is 0 Å². The van der Waals surface area contributed by atoms with Gasteiger partial charge in [-0.05, 0) is 19.1 Å². The average Bonchev–Trinajstić information content (AvgIpc) is 2.04. The smallest absolute Gasteiger partial charge is 0.0569 e. The van der Waals surface area contributed by atoms with E-state index in [2.05, 4.69) is 4.98 Å². The fraction of sp³-hybridized carbons (Fsp3) is 0.444. The summed E-state index contributed by atoms with van der Waals surface area (Å²) in [7, 11) is 3.98. The molecular formula is C9H15N3. The molecule has 66 valence electrons. The Labute approximate surface area is 73.2 Å². The van der Waals surface area contributed by atoms with E-state index in [1.165, 1.54) is 0 Å². The first-order valence-electron chi connectivity index (χ1n) is 4.00. The van der Waals surface area contributed by atoms with Crippen LogP contribution in [-0.4, -0.2) is 19.1 Å². The number of anilines is 1. The summed E-state index contributed by atoms with van der Waals surface area (Å²) in [6.45, 7) is 1.93. The number of aromatic nitrogens is 1. The van der Waals surface area contributed by atoms with Crippen LogP contribution in [-0.2, 0) is 0 Å². The van der Waals surface area contributed by atoms with Gasteiger partial charge in [-0.15, -0.1) is 0 Å². The van der Waals surface area contributed by atoms with Crippen LogP contribution >= 0.6 is 0 Å². The van der Waals surface area contributed by atoms with Gasteiger partial charge in [0.15, 0.2) is 0 Å². The lowest BCUT2D eigenvalue weighted by Gasteiger charge is -2.12. The topological polar surface area (TPSA) is 42.1 Å². The average molecular weight is 165 g/mol. The lowest BCUT2D eigenvalue weighted by molar-refractivity contribution is 0.780. The van der Waals surface area contributed by atoms with Gasteiger partial charge in [0, 0.05) is 20.1 Å². The molecule has 0 spiro atoms. The van der Waals surface area contributed by atoms with Crippen LogP contribution in [0.5, 0.6) is 0 Å². The highest BCUT2D eigenvalue weighted by Crippen LogP contribution is 2.12. The molecule has 0 saturated carbocycles. The number of nitrogens with two attached hydrogens (primary N) is 1. The standard InChI is InChI=1S/C9H15N3/c1-7(10)9-5-4-8(6-11-9)12(2)3/h4-7H,10H2,1-3H3/t7-/m0/s1. The summed E-state index contributed by atoms with van der Waals surface area (Å²) in [5.74, 6) is 0. The summed E-state index contributed by atoms with van der Waals surface area (Å²) < 4.78 is 0. The van der Waals surface area contributed by atoms with E-state index in [0.717, 1.165) is 11.4 Å². The van der Waals surface area contributed by atoms with Crippen LogP contribution in [0.2, 0.25) is 0 Å². The lowest BCUT2D eigenvalue weighted by Crippen LogP contribution is -2.11. The molecule has 3 heteroatoms. The van der Waals surface area contributed by atoms with Crippen LogP contribution in [0.1, 0.15) is 18.7 Å². The maximum absolute atomic E-state index is 5.66. The molecule has 0 saturated heterocycles. The molecule has 3 nitrogen and oxygen atoms in total. The van der Waals surface area contributed by atoms with Crippen LogP contribution < -0.4 is 10.6 Å². The summed E-state index contributed by atoms with van der Waals surface area (Å²) in [4.78, 5) is 6.24. The highest BCUT2D eigenvalue weighted by molar-refractivity contribution is 5.42. The summed E-state index contributed by atoms with van der Waals surface area (Å²) in [6, 6.07) is 3.99. The molecule has 1 aromatic rings. The second-order valence-corrected chi connectivity index (χ2v) is 3.12. The van der Waals surface area contributed by atoms with Crippen LogP contribution in [0.15, 0.2) is 18.3 Å². The van der Waals surface area contributed by atoms with Gasteiger partial charge in [-0.2, -0.15) is 0 Å². The number of pyridine rings is 1. The zero-order valence-electron chi connectivity index (χ0n) is 7.78. The van der Waals surface area contributed by atoms with Gasteiger partial charge in [-0.3, -0.25) is 4.98 Å². The molecule has 1 rings (SSSR count). The third-order valence-corrected chi connectivity index (χ3v) is 1.75. The van der Waals surface area contributed by atoms with Gasteiger partial charge in [0.25, 0.3) is 0 Å². The van der Waals surface area contributed by atoms with Crippen LogP contribution in [0.25, 0.3) is 0 Å². The Kier molecular flexibility index (Phi) is 2.65. The minimum Gasteiger partial charge on any atom is -0.376 e. The Balaban J connectivity index is 2.86. The van der Waals surface area contributed by atoms with Crippen molar-refractivity contribution in [2.45, 2.75) is 13.0 Å². The molecule has 0 amide bonds. The van der Waals surface area contributed by atoms with Crippen molar-refractivity contribution in [3.05, 3.63) is 24.0 Å². The Hall–Kier alpha value is -1.09. The Morgan fingerprint density at radius 2 is 2.08 bits per heavy atom. The maximum Gasteiger partial charge on any atom is 0.0569 e. The molecule has 0 bridgehead atoms. The predicted octanol–water partition coefficient (Wildman–Crippen LogP) is 1.17. The van der Waals surface area contributed by atoms with Gasteiger partial charge in [-0.1, -0.05) is 0 Å². The number of hydrogen-bond acceptors (Lipinski definition) is 3. The first kappa shape index (κ1) is 9.00. The SMILES string of the molecule is C[C@H](N)c1ccc(N(C)C)cn1. The Bertz CT molecular complexity index is 211. The summed E-state index contributed by atoms with van der Waals surface area (Å²) >= 11 is 0. The zero-order valence-corrected chi connectivity index (χ0v) is 7.78.